The second kappa shape index (κ2) is 5.44. The lowest BCUT2D eigenvalue weighted by Gasteiger charge is -2.16. The number of rotatable bonds is 5. The summed E-state index contributed by atoms with van der Waals surface area (Å²) in [6.07, 6.45) is 1.93. The van der Waals surface area contributed by atoms with Crippen molar-refractivity contribution < 1.29 is 13.5 Å². The molecule has 0 bridgehead atoms. The summed E-state index contributed by atoms with van der Waals surface area (Å²) in [5, 5.41) is 12.1. The Morgan fingerprint density at radius 2 is 2.24 bits per heavy atom. The van der Waals surface area contributed by atoms with Crippen molar-refractivity contribution in [3.8, 4) is 0 Å². The van der Waals surface area contributed by atoms with Gasteiger partial charge in [0, 0.05) is 25.0 Å². The van der Waals surface area contributed by atoms with Crippen molar-refractivity contribution in [2.24, 2.45) is 5.73 Å². The van der Waals surface area contributed by atoms with Crippen LogP contribution < -0.4 is 11.1 Å². The highest BCUT2D eigenvalue weighted by Gasteiger charge is 2.15. The van der Waals surface area contributed by atoms with Crippen LogP contribution in [0.3, 0.4) is 0 Å². The third-order valence-corrected chi connectivity index (χ3v) is 3.42. The van der Waals surface area contributed by atoms with Crippen LogP contribution in [0.15, 0.2) is 23.2 Å². The predicted molar refractivity (Wildman–Crippen MR) is 65.5 cm³/mol. The molecule has 0 radical (unpaired) electrons. The summed E-state index contributed by atoms with van der Waals surface area (Å²) in [5.41, 5.74) is 5.63. The van der Waals surface area contributed by atoms with E-state index in [1.807, 2.05) is 0 Å². The van der Waals surface area contributed by atoms with Gasteiger partial charge >= 0.3 is 0 Å². The van der Waals surface area contributed by atoms with Crippen LogP contribution in [-0.2, 0) is 9.84 Å². The summed E-state index contributed by atoms with van der Waals surface area (Å²) >= 11 is 0. The Morgan fingerprint density at radius 1 is 1.59 bits per heavy atom. The molecule has 0 fully saturated rings. The van der Waals surface area contributed by atoms with E-state index in [-0.39, 0.29) is 17.3 Å². The smallest absolute Gasteiger partial charge is 0.179 e. The summed E-state index contributed by atoms with van der Waals surface area (Å²) in [6, 6.07) is 2.54. The summed E-state index contributed by atoms with van der Waals surface area (Å²) in [6.45, 7) is 1.82. The number of hydrogen-bond acceptors (Lipinski definition) is 6. The lowest BCUT2D eigenvalue weighted by molar-refractivity contribution is 0.168. The van der Waals surface area contributed by atoms with Crippen molar-refractivity contribution >= 4 is 15.7 Å². The van der Waals surface area contributed by atoms with Crippen LogP contribution in [0.4, 0.5) is 5.82 Å². The van der Waals surface area contributed by atoms with Gasteiger partial charge in [-0.05, 0) is 19.1 Å². The van der Waals surface area contributed by atoms with E-state index in [9.17, 15) is 13.5 Å². The molecule has 0 amide bonds. The number of aliphatic hydroxyl groups excluding tert-OH is 1. The number of nitrogens with zero attached hydrogens (tertiary/aromatic N) is 1. The maximum Gasteiger partial charge on any atom is 0.179 e. The van der Waals surface area contributed by atoms with Gasteiger partial charge in [-0.15, -0.1) is 0 Å². The van der Waals surface area contributed by atoms with Crippen molar-refractivity contribution in [3.63, 3.8) is 0 Å². The highest BCUT2D eigenvalue weighted by Crippen LogP contribution is 2.17. The van der Waals surface area contributed by atoms with Crippen LogP contribution in [0.1, 0.15) is 6.92 Å². The van der Waals surface area contributed by atoms with E-state index < -0.39 is 22.0 Å². The lowest BCUT2D eigenvalue weighted by Crippen LogP contribution is -2.39. The molecule has 6 nitrogen and oxygen atoms in total. The topological polar surface area (TPSA) is 105 Å². The number of sulfone groups is 1. The van der Waals surface area contributed by atoms with Gasteiger partial charge in [-0.25, -0.2) is 13.4 Å². The van der Waals surface area contributed by atoms with Gasteiger partial charge in [0.1, 0.15) is 10.7 Å². The molecule has 0 aliphatic heterocycles. The maximum absolute atomic E-state index is 11.5. The Bertz CT molecular complexity index is 473. The normalized spacial score (nSPS) is 15.3. The first kappa shape index (κ1) is 13.9. The molecule has 0 aliphatic rings. The third kappa shape index (κ3) is 3.95. The van der Waals surface area contributed by atoms with Gasteiger partial charge in [0.2, 0.25) is 0 Å². The van der Waals surface area contributed by atoms with Crippen molar-refractivity contribution in [2.45, 2.75) is 24.0 Å². The molecule has 1 rings (SSSR count). The zero-order valence-corrected chi connectivity index (χ0v) is 10.6. The molecule has 1 aromatic heterocycles. The second-order valence-corrected chi connectivity index (χ2v) is 5.89. The van der Waals surface area contributed by atoms with Crippen LogP contribution in [-0.4, -0.2) is 43.5 Å². The van der Waals surface area contributed by atoms with Crippen LogP contribution in [0.25, 0.3) is 0 Å². The van der Waals surface area contributed by atoms with Gasteiger partial charge in [0.05, 0.1) is 6.10 Å². The number of nitrogens with two attached hydrogens (primary N) is 1. The molecular formula is C10H17N3O3S. The molecule has 0 aromatic carbocycles. The highest BCUT2D eigenvalue weighted by molar-refractivity contribution is 7.90. The average molecular weight is 259 g/mol. The molecule has 1 aromatic rings. The summed E-state index contributed by atoms with van der Waals surface area (Å²) in [5.74, 6) is 0.256. The summed E-state index contributed by atoms with van der Waals surface area (Å²) in [7, 11) is -3.33. The monoisotopic (exact) mass is 259 g/mol. The lowest BCUT2D eigenvalue weighted by atomic mass is 10.2. The molecule has 17 heavy (non-hydrogen) atoms. The molecular weight excluding hydrogens is 242 g/mol. The standard InChI is InChI=1S/C10H17N3O3S/c1-7(14)8(11)6-13-10-9(17(2,15)16)4-3-5-12-10/h3-5,7-8,14H,6,11H2,1-2H3,(H,12,13). The minimum absolute atomic E-state index is 0.123. The highest BCUT2D eigenvalue weighted by atomic mass is 32.2. The van der Waals surface area contributed by atoms with E-state index in [1.54, 1.807) is 13.0 Å². The minimum atomic E-state index is -3.33. The Hall–Kier alpha value is -1.18. The van der Waals surface area contributed by atoms with E-state index in [1.165, 1.54) is 12.3 Å². The fourth-order valence-corrected chi connectivity index (χ4v) is 2.01. The van der Waals surface area contributed by atoms with Crippen molar-refractivity contribution in [1.29, 1.82) is 0 Å². The van der Waals surface area contributed by atoms with E-state index in [2.05, 4.69) is 10.3 Å². The van der Waals surface area contributed by atoms with Crippen LogP contribution >= 0.6 is 0 Å². The molecule has 0 spiro atoms. The molecule has 96 valence electrons. The van der Waals surface area contributed by atoms with Gasteiger partial charge in [-0.2, -0.15) is 0 Å². The fourth-order valence-electron chi connectivity index (χ4n) is 1.21. The van der Waals surface area contributed by atoms with E-state index in [0.717, 1.165) is 6.26 Å². The zero-order valence-electron chi connectivity index (χ0n) is 9.79. The quantitative estimate of drug-likeness (QED) is 0.665. The zero-order chi connectivity index (χ0) is 13.1. The fraction of sp³-hybridized carbons (Fsp3) is 0.500. The van der Waals surface area contributed by atoms with Gasteiger partial charge < -0.3 is 16.2 Å². The first-order valence-corrected chi connectivity index (χ1v) is 7.04. The first-order valence-electron chi connectivity index (χ1n) is 5.15. The van der Waals surface area contributed by atoms with Gasteiger partial charge in [-0.1, -0.05) is 0 Å². The molecule has 7 heteroatoms. The molecule has 0 aliphatic carbocycles. The molecule has 1 heterocycles. The second-order valence-electron chi connectivity index (χ2n) is 3.91. The van der Waals surface area contributed by atoms with E-state index >= 15 is 0 Å². The maximum atomic E-state index is 11.5. The number of nitrogens with one attached hydrogen (secondary N) is 1. The molecule has 0 saturated heterocycles. The number of hydrogen-bond donors (Lipinski definition) is 3. The largest absolute Gasteiger partial charge is 0.392 e. The molecule has 2 atom stereocenters. The molecule has 2 unspecified atom stereocenters. The molecule has 4 N–H and O–H groups in total. The Morgan fingerprint density at radius 3 is 2.76 bits per heavy atom. The van der Waals surface area contributed by atoms with Crippen LogP contribution in [0.2, 0.25) is 0 Å². The summed E-state index contributed by atoms with van der Waals surface area (Å²) < 4.78 is 22.9. The summed E-state index contributed by atoms with van der Waals surface area (Å²) in [4.78, 5) is 4.07. The molecule has 0 saturated carbocycles. The Balaban J connectivity index is 2.85. The predicted octanol–water partition coefficient (Wildman–Crippen LogP) is -0.395. The first-order chi connectivity index (χ1) is 7.82. The van der Waals surface area contributed by atoms with Gasteiger partial charge in [-0.3, -0.25) is 0 Å². The van der Waals surface area contributed by atoms with Gasteiger partial charge in [0.25, 0.3) is 0 Å². The number of pyridine rings is 1. The average Bonchev–Trinajstić information content (AvgIpc) is 2.24. The van der Waals surface area contributed by atoms with Crippen molar-refractivity contribution in [2.75, 3.05) is 18.1 Å². The Labute approximate surface area is 101 Å². The van der Waals surface area contributed by atoms with Crippen LogP contribution in [0, 0.1) is 0 Å². The SMILES string of the molecule is CC(O)C(N)CNc1ncccc1S(C)(=O)=O. The minimum Gasteiger partial charge on any atom is -0.392 e. The van der Waals surface area contributed by atoms with E-state index in [0.29, 0.717) is 0 Å². The Kier molecular flexibility index (Phi) is 4.44. The number of anilines is 1. The third-order valence-electron chi connectivity index (χ3n) is 2.30. The van der Waals surface area contributed by atoms with Crippen molar-refractivity contribution in [1.82, 2.24) is 4.98 Å². The van der Waals surface area contributed by atoms with Crippen molar-refractivity contribution in [3.05, 3.63) is 18.3 Å². The van der Waals surface area contributed by atoms with Gasteiger partial charge in [0.15, 0.2) is 9.84 Å². The van der Waals surface area contributed by atoms with Crippen LogP contribution in [0.5, 0.6) is 0 Å². The van der Waals surface area contributed by atoms with E-state index in [4.69, 9.17) is 5.73 Å². The number of aliphatic hydroxyl groups is 1. The number of aromatic nitrogens is 1.